The summed E-state index contributed by atoms with van der Waals surface area (Å²) in [6, 6.07) is 16.0. The van der Waals surface area contributed by atoms with Crippen LogP contribution in [0.5, 0.6) is 0 Å². The summed E-state index contributed by atoms with van der Waals surface area (Å²) in [6.07, 6.45) is 1.81. The fourth-order valence-electron chi connectivity index (χ4n) is 1.73. The van der Waals surface area contributed by atoms with E-state index in [9.17, 15) is 0 Å². The van der Waals surface area contributed by atoms with Crippen LogP contribution in [0.15, 0.2) is 54.7 Å². The highest BCUT2D eigenvalue weighted by molar-refractivity contribution is 5.84. The molecule has 3 aromatic rings. The predicted octanol–water partition coefficient (Wildman–Crippen LogP) is 2.96. The lowest BCUT2D eigenvalue weighted by Crippen LogP contribution is -1.78. The quantitative estimate of drug-likeness (QED) is 0.577. The average Bonchev–Trinajstić information content (AvgIpc) is 2.86. The predicted molar refractivity (Wildman–Crippen MR) is 68.5 cm³/mol. The molecule has 0 radical (unpaired) electrons. The molecule has 3 rings (SSSR count). The van der Waals surface area contributed by atoms with Crippen LogP contribution in [0, 0.1) is 11.8 Å². The van der Waals surface area contributed by atoms with Crippen molar-refractivity contribution in [2.24, 2.45) is 0 Å². The second kappa shape index (κ2) is 4.15. The summed E-state index contributed by atoms with van der Waals surface area (Å²) < 4.78 is 0. The molecule has 2 nitrogen and oxygen atoms in total. The molecular formula is C15H10N2. The van der Waals surface area contributed by atoms with Crippen molar-refractivity contribution in [1.82, 2.24) is 10.2 Å². The van der Waals surface area contributed by atoms with E-state index < -0.39 is 0 Å². The first kappa shape index (κ1) is 9.68. The zero-order valence-electron chi connectivity index (χ0n) is 9.14. The van der Waals surface area contributed by atoms with Gasteiger partial charge in [0.05, 0.1) is 17.3 Å². The van der Waals surface area contributed by atoms with Gasteiger partial charge >= 0.3 is 0 Å². The molecule has 0 bridgehead atoms. The van der Waals surface area contributed by atoms with Crippen LogP contribution in [0.2, 0.25) is 0 Å². The van der Waals surface area contributed by atoms with Crippen molar-refractivity contribution in [3.8, 4) is 11.8 Å². The number of para-hydroxylation sites is 1. The number of fused-ring (bicyclic) bond motifs is 1. The Bertz CT molecular complexity index is 700. The van der Waals surface area contributed by atoms with Crippen molar-refractivity contribution >= 4 is 10.9 Å². The highest BCUT2D eigenvalue weighted by atomic mass is 15.1. The number of nitrogens with zero attached hydrogens (tertiary/aromatic N) is 1. The molecule has 0 unspecified atom stereocenters. The number of benzene rings is 2. The van der Waals surface area contributed by atoms with E-state index in [1.165, 1.54) is 0 Å². The van der Waals surface area contributed by atoms with Crippen LogP contribution in [0.3, 0.4) is 0 Å². The maximum atomic E-state index is 4.02. The van der Waals surface area contributed by atoms with Gasteiger partial charge in [0, 0.05) is 10.9 Å². The number of hydrogen-bond donors (Lipinski definition) is 1. The van der Waals surface area contributed by atoms with Crippen molar-refractivity contribution in [3.63, 3.8) is 0 Å². The number of hydrogen-bond acceptors (Lipinski definition) is 1. The van der Waals surface area contributed by atoms with Crippen molar-refractivity contribution in [2.75, 3.05) is 0 Å². The van der Waals surface area contributed by atoms with E-state index in [1.54, 1.807) is 0 Å². The van der Waals surface area contributed by atoms with E-state index in [0.29, 0.717) is 0 Å². The van der Waals surface area contributed by atoms with Crippen molar-refractivity contribution in [1.29, 1.82) is 0 Å². The van der Waals surface area contributed by atoms with E-state index in [1.807, 2.05) is 54.7 Å². The Kier molecular flexibility index (Phi) is 2.36. The van der Waals surface area contributed by atoms with Crippen LogP contribution in [0.25, 0.3) is 10.9 Å². The topological polar surface area (TPSA) is 28.7 Å². The zero-order valence-corrected chi connectivity index (χ0v) is 9.14. The summed E-state index contributed by atoms with van der Waals surface area (Å²) in [5.41, 5.74) is 2.99. The summed E-state index contributed by atoms with van der Waals surface area (Å²) in [5.74, 6) is 6.31. The van der Waals surface area contributed by atoms with E-state index in [-0.39, 0.29) is 0 Å². The van der Waals surface area contributed by atoms with Gasteiger partial charge in [0.2, 0.25) is 0 Å². The molecule has 1 N–H and O–H groups in total. The second-order valence-electron chi connectivity index (χ2n) is 3.76. The van der Waals surface area contributed by atoms with Gasteiger partial charge in [-0.1, -0.05) is 42.2 Å². The molecule has 0 atom stereocenters. The Labute approximate surface area is 99.3 Å². The molecule has 2 aromatic carbocycles. The van der Waals surface area contributed by atoms with Gasteiger partial charge in [-0.25, -0.2) is 0 Å². The second-order valence-corrected chi connectivity index (χ2v) is 3.76. The molecule has 0 spiro atoms. The number of rotatable bonds is 0. The first-order valence-corrected chi connectivity index (χ1v) is 5.43. The summed E-state index contributed by atoms with van der Waals surface area (Å²) in [6.45, 7) is 0. The van der Waals surface area contributed by atoms with E-state index >= 15 is 0 Å². The van der Waals surface area contributed by atoms with Crippen molar-refractivity contribution in [3.05, 3.63) is 65.9 Å². The maximum absolute atomic E-state index is 4.02. The Morgan fingerprint density at radius 2 is 1.76 bits per heavy atom. The molecule has 0 aliphatic carbocycles. The third-order valence-corrected chi connectivity index (χ3v) is 2.59. The molecule has 0 aliphatic rings. The lowest BCUT2D eigenvalue weighted by Gasteiger charge is -1.92. The maximum Gasteiger partial charge on any atom is 0.0806 e. The van der Waals surface area contributed by atoms with Gasteiger partial charge in [-0.15, -0.1) is 0 Å². The van der Waals surface area contributed by atoms with Gasteiger partial charge in [-0.2, -0.15) is 5.10 Å². The lowest BCUT2D eigenvalue weighted by molar-refractivity contribution is 1.12. The molecule has 0 saturated carbocycles. The minimum Gasteiger partial charge on any atom is -0.277 e. The SMILES string of the molecule is C(#Cc1cccc2cn[nH]c12)c1ccccc1. The lowest BCUT2D eigenvalue weighted by atomic mass is 10.1. The average molecular weight is 218 g/mol. The minimum atomic E-state index is 0.976. The third kappa shape index (κ3) is 1.91. The molecule has 0 saturated heterocycles. The molecule has 2 heteroatoms. The summed E-state index contributed by atoms with van der Waals surface area (Å²) in [4.78, 5) is 0. The van der Waals surface area contributed by atoms with Gasteiger partial charge in [-0.05, 0) is 18.2 Å². The Morgan fingerprint density at radius 1 is 0.882 bits per heavy atom. The first-order chi connectivity index (χ1) is 8.43. The molecule has 1 aromatic heterocycles. The van der Waals surface area contributed by atoms with Gasteiger partial charge in [-0.3, -0.25) is 5.10 Å². The van der Waals surface area contributed by atoms with Gasteiger partial charge in [0.25, 0.3) is 0 Å². The summed E-state index contributed by atoms with van der Waals surface area (Å²) in [7, 11) is 0. The molecule has 17 heavy (non-hydrogen) atoms. The van der Waals surface area contributed by atoms with Crippen LogP contribution in [-0.2, 0) is 0 Å². The number of aromatic amines is 1. The monoisotopic (exact) mass is 218 g/mol. The van der Waals surface area contributed by atoms with Crippen molar-refractivity contribution in [2.45, 2.75) is 0 Å². The van der Waals surface area contributed by atoms with Gasteiger partial charge in [0.15, 0.2) is 0 Å². The highest BCUT2D eigenvalue weighted by Crippen LogP contribution is 2.14. The molecule has 0 aliphatic heterocycles. The smallest absolute Gasteiger partial charge is 0.0806 e. The fourth-order valence-corrected chi connectivity index (χ4v) is 1.73. The van der Waals surface area contributed by atoms with Gasteiger partial charge in [0.1, 0.15) is 0 Å². The first-order valence-electron chi connectivity index (χ1n) is 5.43. The van der Waals surface area contributed by atoms with Gasteiger partial charge < -0.3 is 0 Å². The Morgan fingerprint density at radius 3 is 2.65 bits per heavy atom. The number of nitrogens with one attached hydrogen (secondary N) is 1. The Balaban J connectivity index is 2.06. The van der Waals surface area contributed by atoms with Crippen LogP contribution >= 0.6 is 0 Å². The van der Waals surface area contributed by atoms with Crippen LogP contribution < -0.4 is 0 Å². The molecule has 0 fully saturated rings. The van der Waals surface area contributed by atoms with E-state index in [4.69, 9.17) is 0 Å². The third-order valence-electron chi connectivity index (χ3n) is 2.59. The van der Waals surface area contributed by atoms with Crippen molar-refractivity contribution < 1.29 is 0 Å². The minimum absolute atomic E-state index is 0.976. The van der Waals surface area contributed by atoms with Crippen LogP contribution in [0.1, 0.15) is 11.1 Å². The van der Waals surface area contributed by atoms with Crippen LogP contribution in [-0.4, -0.2) is 10.2 Å². The molecule has 80 valence electrons. The summed E-state index contributed by atoms with van der Waals surface area (Å²) in [5, 5.41) is 8.08. The number of H-pyrrole nitrogens is 1. The zero-order chi connectivity index (χ0) is 11.5. The molecular weight excluding hydrogens is 208 g/mol. The fraction of sp³-hybridized carbons (Fsp3) is 0. The summed E-state index contributed by atoms with van der Waals surface area (Å²) >= 11 is 0. The number of aromatic nitrogens is 2. The molecule has 1 heterocycles. The highest BCUT2D eigenvalue weighted by Gasteiger charge is 1.98. The largest absolute Gasteiger partial charge is 0.277 e. The van der Waals surface area contributed by atoms with E-state index in [0.717, 1.165) is 22.0 Å². The van der Waals surface area contributed by atoms with E-state index in [2.05, 4.69) is 22.0 Å². The van der Waals surface area contributed by atoms with Crippen LogP contribution in [0.4, 0.5) is 0 Å². The normalized spacial score (nSPS) is 9.88. The molecule has 0 amide bonds. The Hall–Kier alpha value is -2.53. The standard InChI is InChI=1S/C15H10N2/c1-2-5-12(6-3-1)9-10-13-7-4-8-14-11-16-17-15(13)14/h1-8,11H,(H,16,17).